The van der Waals surface area contributed by atoms with Gasteiger partial charge >= 0.3 is 5.97 Å². The molecule has 0 spiro atoms. The fourth-order valence-electron chi connectivity index (χ4n) is 3.09. The highest BCUT2D eigenvalue weighted by atomic mass is 16.4. The Labute approximate surface area is 112 Å². The maximum Gasteiger partial charge on any atom is 0.326 e. The molecule has 108 valence electrons. The van der Waals surface area contributed by atoms with Crippen LogP contribution in [0.2, 0.25) is 0 Å². The molecule has 3 unspecified atom stereocenters. The number of nitrogens with one attached hydrogen (secondary N) is 1. The molecule has 0 aliphatic carbocycles. The number of aliphatic hydroxyl groups excluding tert-OH is 1. The number of hydrogen-bond donors (Lipinski definition) is 3. The number of amides is 1. The smallest absolute Gasteiger partial charge is 0.326 e. The van der Waals surface area contributed by atoms with Crippen LogP contribution in [0.4, 0.5) is 0 Å². The molecule has 2 rings (SSSR count). The van der Waals surface area contributed by atoms with E-state index in [1.54, 1.807) is 0 Å². The van der Waals surface area contributed by atoms with Crippen molar-refractivity contribution in [1.29, 1.82) is 0 Å². The Balaban J connectivity index is 2.16. The predicted molar refractivity (Wildman–Crippen MR) is 68.6 cm³/mol. The molecule has 2 saturated heterocycles. The monoisotopic (exact) mass is 270 g/mol. The number of aliphatic hydroxyl groups is 1. The van der Waals surface area contributed by atoms with Crippen LogP contribution in [0.5, 0.6) is 0 Å². The Bertz CT molecular complexity index is 383. The summed E-state index contributed by atoms with van der Waals surface area (Å²) >= 11 is 0. The van der Waals surface area contributed by atoms with E-state index in [0.717, 1.165) is 19.4 Å². The normalized spacial score (nSPS) is 34.3. The van der Waals surface area contributed by atoms with Gasteiger partial charge in [0, 0.05) is 13.0 Å². The van der Waals surface area contributed by atoms with E-state index in [1.165, 1.54) is 4.90 Å². The molecule has 2 aliphatic rings. The lowest BCUT2D eigenvalue weighted by Crippen LogP contribution is -2.58. The van der Waals surface area contributed by atoms with Crippen molar-refractivity contribution in [3.05, 3.63) is 0 Å². The molecule has 0 aromatic rings. The first-order chi connectivity index (χ1) is 8.83. The highest BCUT2D eigenvalue weighted by Gasteiger charge is 2.45. The number of nitrogens with zero attached hydrogens (tertiary/aromatic N) is 1. The van der Waals surface area contributed by atoms with E-state index in [9.17, 15) is 14.7 Å². The van der Waals surface area contributed by atoms with Crippen molar-refractivity contribution < 1.29 is 19.8 Å². The van der Waals surface area contributed by atoms with Crippen LogP contribution in [0.25, 0.3) is 0 Å². The highest BCUT2D eigenvalue weighted by Crippen LogP contribution is 2.32. The van der Waals surface area contributed by atoms with Gasteiger partial charge in [0.2, 0.25) is 5.91 Å². The minimum absolute atomic E-state index is 0.115. The number of carboxylic acid groups (broad SMARTS) is 1. The van der Waals surface area contributed by atoms with Crippen molar-refractivity contribution in [2.24, 2.45) is 5.41 Å². The molecule has 3 N–H and O–H groups in total. The summed E-state index contributed by atoms with van der Waals surface area (Å²) in [7, 11) is 0. The summed E-state index contributed by atoms with van der Waals surface area (Å²) in [6, 6.07) is -1.27. The number of rotatable bonds is 2. The Morgan fingerprint density at radius 2 is 2.05 bits per heavy atom. The van der Waals surface area contributed by atoms with Gasteiger partial charge in [0.25, 0.3) is 0 Å². The highest BCUT2D eigenvalue weighted by molar-refractivity contribution is 5.88. The third-order valence-corrected chi connectivity index (χ3v) is 4.22. The third kappa shape index (κ3) is 2.74. The minimum atomic E-state index is -1.04. The molecule has 2 aliphatic heterocycles. The lowest BCUT2D eigenvalue weighted by molar-refractivity contribution is -0.150. The van der Waals surface area contributed by atoms with E-state index in [2.05, 4.69) is 5.32 Å². The Kier molecular flexibility index (Phi) is 3.82. The largest absolute Gasteiger partial charge is 0.480 e. The number of likely N-dealkylation sites (tertiary alicyclic amines) is 1. The first-order valence-electron chi connectivity index (χ1n) is 6.77. The molecule has 0 aromatic carbocycles. The number of hydrogen-bond acceptors (Lipinski definition) is 4. The van der Waals surface area contributed by atoms with Crippen LogP contribution in [0, 0.1) is 5.41 Å². The Morgan fingerprint density at radius 1 is 1.37 bits per heavy atom. The van der Waals surface area contributed by atoms with E-state index in [4.69, 9.17) is 5.11 Å². The van der Waals surface area contributed by atoms with Crippen molar-refractivity contribution >= 4 is 11.9 Å². The zero-order valence-electron chi connectivity index (χ0n) is 11.4. The number of aliphatic carboxylic acids is 1. The fourth-order valence-corrected chi connectivity index (χ4v) is 3.09. The second kappa shape index (κ2) is 5.09. The van der Waals surface area contributed by atoms with Crippen molar-refractivity contribution in [1.82, 2.24) is 10.2 Å². The van der Waals surface area contributed by atoms with Gasteiger partial charge in [-0.05, 0) is 24.8 Å². The summed E-state index contributed by atoms with van der Waals surface area (Å²) in [5, 5.41) is 22.0. The van der Waals surface area contributed by atoms with Gasteiger partial charge in [0.1, 0.15) is 6.04 Å². The molecule has 6 heteroatoms. The van der Waals surface area contributed by atoms with Crippen molar-refractivity contribution in [2.45, 2.75) is 51.3 Å². The zero-order valence-corrected chi connectivity index (χ0v) is 11.4. The second-order valence-corrected chi connectivity index (χ2v) is 6.21. The first-order valence-corrected chi connectivity index (χ1v) is 6.77. The molecule has 6 nitrogen and oxygen atoms in total. The fraction of sp³-hybridized carbons (Fsp3) is 0.846. The van der Waals surface area contributed by atoms with Crippen LogP contribution in [0.15, 0.2) is 0 Å². The predicted octanol–water partition coefficient (Wildman–Crippen LogP) is -0.189. The Morgan fingerprint density at radius 3 is 2.63 bits per heavy atom. The van der Waals surface area contributed by atoms with Gasteiger partial charge in [-0.2, -0.15) is 0 Å². The van der Waals surface area contributed by atoms with Gasteiger partial charge in [-0.15, -0.1) is 0 Å². The topological polar surface area (TPSA) is 89.9 Å². The van der Waals surface area contributed by atoms with Crippen LogP contribution >= 0.6 is 0 Å². The molecule has 0 aromatic heterocycles. The minimum Gasteiger partial charge on any atom is -0.480 e. The van der Waals surface area contributed by atoms with E-state index >= 15 is 0 Å². The molecule has 2 heterocycles. The van der Waals surface area contributed by atoms with E-state index < -0.39 is 18.1 Å². The summed E-state index contributed by atoms with van der Waals surface area (Å²) in [6.45, 7) is 4.92. The third-order valence-electron chi connectivity index (χ3n) is 4.22. The first kappa shape index (κ1) is 14.3. The van der Waals surface area contributed by atoms with Gasteiger partial charge in [-0.3, -0.25) is 4.79 Å². The summed E-state index contributed by atoms with van der Waals surface area (Å²) in [5.41, 5.74) is -0.189. The van der Waals surface area contributed by atoms with Gasteiger partial charge in [0.05, 0.1) is 12.1 Å². The van der Waals surface area contributed by atoms with Crippen molar-refractivity contribution in [3.8, 4) is 0 Å². The molecule has 19 heavy (non-hydrogen) atoms. The van der Waals surface area contributed by atoms with E-state index in [1.807, 2.05) is 13.8 Å². The summed E-state index contributed by atoms with van der Waals surface area (Å²) in [6.07, 6.45) is 1.33. The van der Waals surface area contributed by atoms with Crippen LogP contribution in [0.1, 0.15) is 33.1 Å². The standard InChI is InChI=1S/C13H22N2O4/c1-13(2)4-3-5-14-10(13)11(17)15-7-8(16)6-9(15)12(18)19/h8-10,14,16H,3-7H2,1-2H3,(H,18,19). The molecular formula is C13H22N2O4. The van der Waals surface area contributed by atoms with Crippen LogP contribution in [-0.2, 0) is 9.59 Å². The molecule has 0 saturated carbocycles. The van der Waals surface area contributed by atoms with Crippen LogP contribution < -0.4 is 5.32 Å². The molecule has 0 bridgehead atoms. The molecule has 2 fully saturated rings. The second-order valence-electron chi connectivity index (χ2n) is 6.21. The number of carbonyl (C=O) groups is 2. The number of carbonyl (C=O) groups excluding carboxylic acids is 1. The maximum atomic E-state index is 12.6. The lowest BCUT2D eigenvalue weighted by Gasteiger charge is -2.40. The average molecular weight is 270 g/mol. The molecule has 3 atom stereocenters. The van der Waals surface area contributed by atoms with E-state index in [0.29, 0.717) is 0 Å². The maximum absolute atomic E-state index is 12.6. The summed E-state index contributed by atoms with van der Waals surface area (Å²) < 4.78 is 0. The zero-order chi connectivity index (χ0) is 14.2. The molecule has 1 amide bonds. The summed E-state index contributed by atoms with van der Waals surface area (Å²) in [5.74, 6) is -1.24. The van der Waals surface area contributed by atoms with Gasteiger partial charge < -0.3 is 20.4 Å². The van der Waals surface area contributed by atoms with Gasteiger partial charge in [0.15, 0.2) is 0 Å². The van der Waals surface area contributed by atoms with E-state index in [-0.39, 0.29) is 30.3 Å². The van der Waals surface area contributed by atoms with Gasteiger partial charge in [-0.1, -0.05) is 13.8 Å². The average Bonchev–Trinajstić information content (AvgIpc) is 2.70. The van der Waals surface area contributed by atoms with Gasteiger partial charge in [-0.25, -0.2) is 4.79 Å². The number of piperidine rings is 1. The number of β-amino-alcohol motifs (C(OH)–C–C–N with tert-alkyl or cyclic N) is 1. The molecular weight excluding hydrogens is 248 g/mol. The van der Waals surface area contributed by atoms with Crippen molar-refractivity contribution in [3.63, 3.8) is 0 Å². The number of carboxylic acids is 1. The lowest BCUT2D eigenvalue weighted by atomic mass is 9.77. The molecule has 0 radical (unpaired) electrons. The van der Waals surface area contributed by atoms with Crippen LogP contribution in [0.3, 0.4) is 0 Å². The quantitative estimate of drug-likeness (QED) is 0.647. The van der Waals surface area contributed by atoms with Crippen molar-refractivity contribution in [2.75, 3.05) is 13.1 Å². The summed E-state index contributed by atoms with van der Waals surface area (Å²) in [4.78, 5) is 25.1. The SMILES string of the molecule is CC1(C)CCCNC1C(=O)N1CC(O)CC1C(=O)O. The van der Waals surface area contributed by atoms with Crippen LogP contribution in [-0.4, -0.2) is 58.3 Å². The Hall–Kier alpha value is -1.14.